The van der Waals surface area contributed by atoms with E-state index in [1.807, 2.05) is 12.1 Å². The Morgan fingerprint density at radius 2 is 0.821 bits per heavy atom. The summed E-state index contributed by atoms with van der Waals surface area (Å²) in [6.07, 6.45) is 2.78. The maximum absolute atomic E-state index is 12.0. The molecule has 198 valence electrons. The van der Waals surface area contributed by atoms with Crippen LogP contribution in [0.4, 0.5) is 11.4 Å². The minimum atomic E-state index is -0.489. The predicted molar refractivity (Wildman–Crippen MR) is 148 cm³/mol. The summed E-state index contributed by atoms with van der Waals surface area (Å²) in [7, 11) is 0. The summed E-state index contributed by atoms with van der Waals surface area (Å²) in [5.41, 5.74) is 2.00. The van der Waals surface area contributed by atoms with E-state index in [2.05, 4.69) is 5.32 Å². The van der Waals surface area contributed by atoms with E-state index < -0.39 is 9.85 Å². The van der Waals surface area contributed by atoms with Gasteiger partial charge in [0.05, 0.1) is 9.85 Å². The summed E-state index contributed by atoms with van der Waals surface area (Å²) >= 11 is 0. The number of nitro groups is 2. The molecule has 0 saturated carbocycles. The molecule has 0 atom stereocenters. The van der Waals surface area contributed by atoms with Crippen molar-refractivity contribution in [1.29, 1.82) is 0 Å². The highest BCUT2D eigenvalue weighted by Crippen LogP contribution is 2.16. The average molecular weight is 526 g/mol. The van der Waals surface area contributed by atoms with Crippen molar-refractivity contribution in [2.45, 2.75) is 12.8 Å². The van der Waals surface area contributed by atoms with Gasteiger partial charge >= 0.3 is 0 Å². The van der Waals surface area contributed by atoms with Gasteiger partial charge in [-0.1, -0.05) is 60.7 Å². The zero-order valence-electron chi connectivity index (χ0n) is 21.1. The normalized spacial score (nSPS) is 11.7. The van der Waals surface area contributed by atoms with Crippen LogP contribution < -0.4 is 5.32 Å². The molecule has 1 aliphatic heterocycles. The molecule has 1 fully saturated rings. The molecule has 9 heteroatoms. The van der Waals surface area contributed by atoms with Gasteiger partial charge < -0.3 is 5.32 Å². The van der Waals surface area contributed by atoms with Crippen LogP contribution in [0.1, 0.15) is 44.7 Å². The Bertz CT molecular complexity index is 1270. The molecule has 0 radical (unpaired) electrons. The third-order valence-corrected chi connectivity index (χ3v) is 5.71. The van der Waals surface area contributed by atoms with Crippen LogP contribution in [0.5, 0.6) is 0 Å². The highest BCUT2D eigenvalue weighted by molar-refractivity contribution is 6.09. The second-order valence-corrected chi connectivity index (χ2v) is 8.46. The maximum atomic E-state index is 12.0. The highest BCUT2D eigenvalue weighted by atomic mass is 16.6. The number of nitrogens with one attached hydrogen (secondary N) is 1. The fourth-order valence-corrected chi connectivity index (χ4v) is 3.61. The van der Waals surface area contributed by atoms with Crippen LogP contribution in [-0.2, 0) is 0 Å². The Labute approximate surface area is 225 Å². The van der Waals surface area contributed by atoms with Crippen molar-refractivity contribution >= 4 is 22.9 Å². The van der Waals surface area contributed by atoms with Gasteiger partial charge in [0.1, 0.15) is 0 Å². The van der Waals surface area contributed by atoms with E-state index in [4.69, 9.17) is 0 Å². The minimum absolute atomic E-state index is 0.0189. The van der Waals surface area contributed by atoms with Crippen molar-refractivity contribution in [3.05, 3.63) is 152 Å². The van der Waals surface area contributed by atoms with Crippen molar-refractivity contribution in [3.63, 3.8) is 0 Å². The fraction of sp³-hybridized carbons (Fsp3) is 0.133. The Hall–Kier alpha value is -5.02. The molecule has 4 aromatic carbocycles. The second kappa shape index (κ2) is 14.7. The predicted octanol–water partition coefficient (Wildman–Crippen LogP) is 6.02. The number of non-ortho nitro benzene ring substituents is 2. The first-order valence-electron chi connectivity index (χ1n) is 12.3. The van der Waals surface area contributed by atoms with Crippen LogP contribution in [0.25, 0.3) is 0 Å². The van der Waals surface area contributed by atoms with Gasteiger partial charge in [-0.05, 0) is 50.2 Å². The topological polar surface area (TPSA) is 132 Å². The fourth-order valence-electron chi connectivity index (χ4n) is 3.61. The Kier molecular flexibility index (Phi) is 10.7. The quantitative estimate of drug-likeness (QED) is 0.185. The van der Waals surface area contributed by atoms with Crippen LogP contribution in [0.15, 0.2) is 109 Å². The largest absolute Gasteiger partial charge is 0.317 e. The van der Waals surface area contributed by atoms with Crippen LogP contribution in [0, 0.1) is 20.2 Å². The summed E-state index contributed by atoms with van der Waals surface area (Å²) in [6, 6.07) is 28.8. The lowest BCUT2D eigenvalue weighted by Crippen LogP contribution is -2.03. The molecule has 0 bridgehead atoms. The van der Waals surface area contributed by atoms with E-state index in [-0.39, 0.29) is 22.9 Å². The standard InChI is InChI=1S/2C13H9NO3.C4H9N/c2*15-13(10-4-2-1-3-5-10)11-6-8-12(9-7-11)14(16)17;1-2-4-5-3-1/h2*1-9H;5H,1-4H2. The Balaban J connectivity index is 0.000000183. The number of benzene rings is 4. The van der Waals surface area contributed by atoms with Crippen LogP contribution in [-0.4, -0.2) is 34.5 Å². The van der Waals surface area contributed by atoms with E-state index in [9.17, 15) is 29.8 Å². The number of rotatable bonds is 6. The summed E-state index contributed by atoms with van der Waals surface area (Å²) in [5, 5.41) is 24.2. The van der Waals surface area contributed by atoms with Gasteiger partial charge in [0.15, 0.2) is 11.6 Å². The minimum Gasteiger partial charge on any atom is -0.317 e. The van der Waals surface area contributed by atoms with Crippen molar-refractivity contribution in [2.24, 2.45) is 0 Å². The molecule has 0 amide bonds. The van der Waals surface area contributed by atoms with E-state index >= 15 is 0 Å². The number of ketones is 2. The van der Waals surface area contributed by atoms with Crippen molar-refractivity contribution in [3.8, 4) is 0 Å². The van der Waals surface area contributed by atoms with Crippen molar-refractivity contribution in [2.75, 3.05) is 13.1 Å². The molecule has 1 aliphatic rings. The van der Waals surface area contributed by atoms with E-state index in [1.54, 1.807) is 48.5 Å². The molecule has 0 unspecified atom stereocenters. The first-order valence-corrected chi connectivity index (χ1v) is 12.3. The van der Waals surface area contributed by atoms with Crippen LogP contribution >= 0.6 is 0 Å². The first-order chi connectivity index (χ1) is 18.9. The molecule has 1 saturated heterocycles. The maximum Gasteiger partial charge on any atom is 0.269 e. The SMILES string of the molecule is C1CCNC1.O=C(c1ccccc1)c1ccc([N+](=O)[O-])cc1.O=C(c1ccccc1)c1ccc([N+](=O)[O-])cc1. The number of hydrogen-bond donors (Lipinski definition) is 1. The van der Waals surface area contributed by atoms with E-state index in [0.717, 1.165) is 0 Å². The molecule has 0 spiro atoms. The molecule has 9 nitrogen and oxygen atoms in total. The van der Waals surface area contributed by atoms with Gasteiger partial charge in [-0.15, -0.1) is 0 Å². The van der Waals surface area contributed by atoms with Crippen molar-refractivity contribution in [1.82, 2.24) is 5.32 Å². The molecule has 39 heavy (non-hydrogen) atoms. The highest BCUT2D eigenvalue weighted by Gasteiger charge is 2.12. The first kappa shape index (κ1) is 28.5. The van der Waals surface area contributed by atoms with Crippen LogP contribution in [0.2, 0.25) is 0 Å². The average Bonchev–Trinajstić information content (AvgIpc) is 3.58. The zero-order valence-corrected chi connectivity index (χ0v) is 21.1. The number of carbonyl (C=O) groups excluding carboxylic acids is 2. The number of nitro benzene ring substituents is 2. The summed E-state index contributed by atoms with van der Waals surface area (Å²) in [6.45, 7) is 2.50. The lowest BCUT2D eigenvalue weighted by Gasteiger charge is -2.00. The lowest BCUT2D eigenvalue weighted by molar-refractivity contribution is -0.385. The van der Waals surface area contributed by atoms with Gasteiger partial charge in [-0.25, -0.2) is 0 Å². The second-order valence-electron chi connectivity index (χ2n) is 8.46. The van der Waals surface area contributed by atoms with Crippen molar-refractivity contribution < 1.29 is 19.4 Å². The van der Waals surface area contributed by atoms with Gasteiger partial charge in [-0.2, -0.15) is 0 Å². The van der Waals surface area contributed by atoms with Gasteiger partial charge in [0.25, 0.3) is 11.4 Å². The Morgan fingerprint density at radius 1 is 0.513 bits per heavy atom. The van der Waals surface area contributed by atoms with Gasteiger partial charge in [-0.3, -0.25) is 29.8 Å². The van der Waals surface area contributed by atoms with Gasteiger partial charge in [0.2, 0.25) is 0 Å². The summed E-state index contributed by atoms with van der Waals surface area (Å²) < 4.78 is 0. The molecule has 1 N–H and O–H groups in total. The molecule has 5 rings (SSSR count). The summed E-state index contributed by atoms with van der Waals surface area (Å²) in [5.74, 6) is -0.277. The smallest absolute Gasteiger partial charge is 0.269 e. The molecule has 0 aromatic heterocycles. The Morgan fingerprint density at radius 3 is 1.08 bits per heavy atom. The third-order valence-electron chi connectivity index (χ3n) is 5.71. The molecule has 1 heterocycles. The molecular formula is C30H27N3O6. The number of nitrogens with zero attached hydrogens (tertiary/aromatic N) is 2. The monoisotopic (exact) mass is 525 g/mol. The van der Waals surface area contributed by atoms with E-state index in [1.165, 1.54) is 74.5 Å². The van der Waals surface area contributed by atoms with E-state index in [0.29, 0.717) is 22.3 Å². The summed E-state index contributed by atoms with van der Waals surface area (Å²) in [4.78, 5) is 43.9. The number of hydrogen-bond acceptors (Lipinski definition) is 7. The van der Waals surface area contributed by atoms with Crippen LogP contribution in [0.3, 0.4) is 0 Å². The third kappa shape index (κ3) is 8.80. The molecule has 0 aliphatic carbocycles. The zero-order chi connectivity index (χ0) is 28.0. The molecule has 4 aromatic rings. The lowest BCUT2D eigenvalue weighted by atomic mass is 10.0. The van der Waals surface area contributed by atoms with Gasteiger partial charge in [0, 0.05) is 46.5 Å². The molecular weight excluding hydrogens is 498 g/mol. The number of carbonyl (C=O) groups is 2.